The number of rotatable bonds is 1. The molecule has 0 heterocycles. The molecule has 0 saturated carbocycles. The molecule has 0 aliphatic heterocycles. The molecule has 0 aliphatic carbocycles. The molecule has 0 radical (unpaired) electrons. The Bertz CT molecular complexity index is 371. The lowest BCUT2D eigenvalue weighted by atomic mass is 10.0. The molecule has 1 aromatic rings. The summed E-state index contributed by atoms with van der Waals surface area (Å²) in [5, 5.41) is 0. The Labute approximate surface area is 84.1 Å². The second-order valence-corrected chi connectivity index (χ2v) is 3.50. The molecule has 1 aromatic carbocycles. The SMILES string of the molecule is CCC(C)(N)C#Cc1ccccc1F. The average molecular weight is 191 g/mol. The number of halogens is 1. The van der Waals surface area contributed by atoms with Crippen LogP contribution in [0.25, 0.3) is 0 Å². The fraction of sp³-hybridized carbons (Fsp3) is 0.333. The van der Waals surface area contributed by atoms with Gasteiger partial charge in [0.1, 0.15) is 5.82 Å². The van der Waals surface area contributed by atoms with E-state index >= 15 is 0 Å². The van der Waals surface area contributed by atoms with Crippen molar-refractivity contribution in [3.63, 3.8) is 0 Å². The van der Waals surface area contributed by atoms with Gasteiger partial charge in [0, 0.05) is 0 Å². The first kappa shape index (κ1) is 10.7. The van der Waals surface area contributed by atoms with Crippen LogP contribution in [0.2, 0.25) is 0 Å². The smallest absolute Gasteiger partial charge is 0.138 e. The summed E-state index contributed by atoms with van der Waals surface area (Å²) >= 11 is 0. The maximum Gasteiger partial charge on any atom is 0.138 e. The first-order valence-electron chi connectivity index (χ1n) is 4.62. The molecule has 0 amide bonds. The van der Waals surface area contributed by atoms with Crippen LogP contribution in [-0.2, 0) is 0 Å². The molecule has 1 atom stereocenters. The molecule has 0 aromatic heterocycles. The van der Waals surface area contributed by atoms with E-state index in [-0.39, 0.29) is 5.82 Å². The van der Waals surface area contributed by atoms with Crippen LogP contribution in [0.4, 0.5) is 4.39 Å². The molecule has 2 heteroatoms. The van der Waals surface area contributed by atoms with Crippen molar-refractivity contribution in [3.05, 3.63) is 35.6 Å². The predicted octanol–water partition coefficient (Wildman–Crippen LogP) is 2.30. The summed E-state index contributed by atoms with van der Waals surface area (Å²) < 4.78 is 13.1. The lowest BCUT2D eigenvalue weighted by Crippen LogP contribution is -2.33. The summed E-state index contributed by atoms with van der Waals surface area (Å²) in [5.41, 5.74) is 5.68. The summed E-state index contributed by atoms with van der Waals surface area (Å²) in [6.45, 7) is 3.79. The lowest BCUT2D eigenvalue weighted by molar-refractivity contribution is 0.585. The highest BCUT2D eigenvalue weighted by Gasteiger charge is 2.10. The van der Waals surface area contributed by atoms with Crippen LogP contribution in [0.3, 0.4) is 0 Å². The zero-order valence-electron chi connectivity index (χ0n) is 8.47. The molecule has 0 spiro atoms. The summed E-state index contributed by atoms with van der Waals surface area (Å²) in [5.74, 6) is 5.31. The van der Waals surface area contributed by atoms with Gasteiger partial charge < -0.3 is 5.73 Å². The van der Waals surface area contributed by atoms with E-state index < -0.39 is 5.54 Å². The minimum Gasteiger partial charge on any atom is -0.315 e. The molecule has 0 fully saturated rings. The van der Waals surface area contributed by atoms with Gasteiger partial charge in [-0.1, -0.05) is 30.9 Å². The van der Waals surface area contributed by atoms with Crippen molar-refractivity contribution >= 4 is 0 Å². The van der Waals surface area contributed by atoms with E-state index in [4.69, 9.17) is 5.73 Å². The van der Waals surface area contributed by atoms with E-state index in [1.165, 1.54) is 6.07 Å². The standard InChI is InChI=1S/C12H14FN/c1-3-12(2,14)9-8-10-6-4-5-7-11(10)13/h4-7H,3,14H2,1-2H3. The normalized spacial score (nSPS) is 14.0. The Morgan fingerprint density at radius 3 is 2.64 bits per heavy atom. The number of nitrogens with two attached hydrogens (primary N) is 1. The van der Waals surface area contributed by atoms with Crippen LogP contribution in [-0.4, -0.2) is 5.54 Å². The monoisotopic (exact) mass is 191 g/mol. The Kier molecular flexibility index (Phi) is 3.27. The minimum atomic E-state index is -0.539. The van der Waals surface area contributed by atoms with Crippen LogP contribution in [0, 0.1) is 17.7 Å². The van der Waals surface area contributed by atoms with Gasteiger partial charge in [-0.2, -0.15) is 0 Å². The predicted molar refractivity (Wildman–Crippen MR) is 56.2 cm³/mol. The molecular formula is C12H14FN. The molecule has 1 nitrogen and oxygen atoms in total. The topological polar surface area (TPSA) is 26.0 Å². The fourth-order valence-electron chi connectivity index (χ4n) is 0.861. The third-order valence-corrected chi connectivity index (χ3v) is 2.09. The van der Waals surface area contributed by atoms with E-state index in [0.29, 0.717) is 5.56 Å². The third-order valence-electron chi connectivity index (χ3n) is 2.09. The van der Waals surface area contributed by atoms with Gasteiger partial charge in [0.05, 0.1) is 11.1 Å². The second-order valence-electron chi connectivity index (χ2n) is 3.50. The Morgan fingerprint density at radius 1 is 1.43 bits per heavy atom. The maximum atomic E-state index is 13.1. The van der Waals surface area contributed by atoms with Crippen LogP contribution in [0.1, 0.15) is 25.8 Å². The fourth-order valence-corrected chi connectivity index (χ4v) is 0.861. The van der Waals surface area contributed by atoms with Gasteiger partial charge in [0.15, 0.2) is 0 Å². The number of hydrogen-bond acceptors (Lipinski definition) is 1. The highest BCUT2D eigenvalue weighted by Crippen LogP contribution is 2.06. The van der Waals surface area contributed by atoms with Gasteiger partial charge >= 0.3 is 0 Å². The summed E-state index contributed by atoms with van der Waals surface area (Å²) in [4.78, 5) is 0. The van der Waals surface area contributed by atoms with Crippen molar-refractivity contribution in [1.82, 2.24) is 0 Å². The quantitative estimate of drug-likeness (QED) is 0.677. The van der Waals surface area contributed by atoms with Crippen LogP contribution in [0.15, 0.2) is 24.3 Å². The van der Waals surface area contributed by atoms with E-state index in [1.54, 1.807) is 18.2 Å². The first-order chi connectivity index (χ1) is 6.55. The molecule has 0 aliphatic rings. The van der Waals surface area contributed by atoms with Gasteiger partial charge in [-0.05, 0) is 25.5 Å². The van der Waals surface area contributed by atoms with Crippen molar-refractivity contribution in [2.45, 2.75) is 25.8 Å². The van der Waals surface area contributed by atoms with E-state index in [1.807, 2.05) is 13.8 Å². The Morgan fingerprint density at radius 2 is 2.07 bits per heavy atom. The summed E-state index contributed by atoms with van der Waals surface area (Å²) in [6, 6.07) is 6.44. The Hall–Kier alpha value is -1.33. The van der Waals surface area contributed by atoms with Gasteiger partial charge in [-0.25, -0.2) is 4.39 Å². The van der Waals surface area contributed by atoms with Gasteiger partial charge in [0.25, 0.3) is 0 Å². The Balaban J connectivity index is 2.94. The van der Waals surface area contributed by atoms with Crippen LogP contribution in [0.5, 0.6) is 0 Å². The van der Waals surface area contributed by atoms with Gasteiger partial charge in [-0.15, -0.1) is 0 Å². The molecule has 0 saturated heterocycles. The number of hydrogen-bond donors (Lipinski definition) is 1. The van der Waals surface area contributed by atoms with Gasteiger partial charge in [-0.3, -0.25) is 0 Å². The second kappa shape index (κ2) is 4.26. The highest BCUT2D eigenvalue weighted by atomic mass is 19.1. The van der Waals surface area contributed by atoms with Crippen molar-refractivity contribution in [1.29, 1.82) is 0 Å². The third kappa shape index (κ3) is 2.86. The molecule has 1 rings (SSSR count). The molecule has 14 heavy (non-hydrogen) atoms. The highest BCUT2D eigenvalue weighted by molar-refractivity contribution is 5.37. The zero-order chi connectivity index (χ0) is 10.6. The molecular weight excluding hydrogens is 177 g/mol. The average Bonchev–Trinajstić information content (AvgIpc) is 2.17. The van der Waals surface area contributed by atoms with Gasteiger partial charge in [0.2, 0.25) is 0 Å². The molecule has 2 N–H and O–H groups in total. The van der Waals surface area contributed by atoms with Crippen molar-refractivity contribution in [3.8, 4) is 11.8 Å². The van der Waals surface area contributed by atoms with E-state index in [9.17, 15) is 4.39 Å². The van der Waals surface area contributed by atoms with Crippen LogP contribution < -0.4 is 5.73 Å². The van der Waals surface area contributed by atoms with E-state index in [0.717, 1.165) is 6.42 Å². The summed E-state index contributed by atoms with van der Waals surface area (Å²) in [7, 11) is 0. The maximum absolute atomic E-state index is 13.1. The van der Waals surface area contributed by atoms with Crippen LogP contribution >= 0.6 is 0 Å². The number of benzene rings is 1. The largest absolute Gasteiger partial charge is 0.315 e. The van der Waals surface area contributed by atoms with Crippen molar-refractivity contribution in [2.75, 3.05) is 0 Å². The molecule has 0 bridgehead atoms. The van der Waals surface area contributed by atoms with Crippen molar-refractivity contribution in [2.24, 2.45) is 5.73 Å². The van der Waals surface area contributed by atoms with Crippen molar-refractivity contribution < 1.29 is 4.39 Å². The lowest BCUT2D eigenvalue weighted by Gasteiger charge is -2.13. The summed E-state index contributed by atoms with van der Waals surface area (Å²) in [6.07, 6.45) is 0.744. The molecule has 74 valence electrons. The zero-order valence-corrected chi connectivity index (χ0v) is 8.47. The molecule has 1 unspecified atom stereocenters. The van der Waals surface area contributed by atoms with E-state index in [2.05, 4.69) is 11.8 Å². The minimum absolute atomic E-state index is 0.299. The first-order valence-corrected chi connectivity index (χ1v) is 4.62.